The topological polar surface area (TPSA) is 15.3 Å². The van der Waals surface area contributed by atoms with Gasteiger partial charge in [-0.2, -0.15) is 0 Å². The number of benzene rings is 2. The maximum absolute atomic E-state index is 14.2. The van der Waals surface area contributed by atoms with Gasteiger partial charge in [0.15, 0.2) is 0 Å². The van der Waals surface area contributed by atoms with Gasteiger partial charge >= 0.3 is 0 Å². The second-order valence-corrected chi connectivity index (χ2v) is 7.27. The van der Waals surface area contributed by atoms with Crippen LogP contribution in [0.4, 0.5) is 10.1 Å². The lowest BCUT2D eigenvalue weighted by Gasteiger charge is -2.29. The Balaban J connectivity index is 1.65. The third kappa shape index (κ3) is 3.46. The molecular formula is C21H25FN2. The van der Waals surface area contributed by atoms with Gasteiger partial charge in [0.05, 0.1) is 11.7 Å². The Hall–Kier alpha value is -1.87. The van der Waals surface area contributed by atoms with E-state index >= 15 is 0 Å². The largest absolute Gasteiger partial charge is 0.382 e. The number of nitrogens with one attached hydrogen (secondary N) is 1. The fraction of sp³-hybridized carbons (Fsp3) is 0.429. The average molecular weight is 324 g/mol. The first-order valence-corrected chi connectivity index (χ1v) is 9.02. The normalized spacial score (nSPS) is 18.6. The molecule has 126 valence electrons. The Labute approximate surface area is 143 Å². The van der Waals surface area contributed by atoms with Crippen molar-refractivity contribution in [1.82, 2.24) is 4.90 Å². The molecule has 1 atom stereocenters. The molecular weight excluding hydrogens is 299 g/mol. The summed E-state index contributed by atoms with van der Waals surface area (Å²) in [6.07, 6.45) is 5.05. The van der Waals surface area contributed by atoms with Crippen molar-refractivity contribution in [3.63, 3.8) is 0 Å². The van der Waals surface area contributed by atoms with E-state index < -0.39 is 0 Å². The van der Waals surface area contributed by atoms with E-state index in [1.807, 2.05) is 18.2 Å². The molecule has 2 nitrogen and oxygen atoms in total. The molecule has 0 aliphatic heterocycles. The summed E-state index contributed by atoms with van der Waals surface area (Å²) in [7, 11) is 2.19. The number of rotatable bonds is 7. The second kappa shape index (κ2) is 6.56. The Kier molecular flexibility index (Phi) is 4.28. The summed E-state index contributed by atoms with van der Waals surface area (Å²) in [4.78, 5) is 2.44. The molecule has 2 saturated carbocycles. The highest BCUT2D eigenvalue weighted by atomic mass is 19.1. The molecule has 0 radical (unpaired) electrons. The van der Waals surface area contributed by atoms with Gasteiger partial charge in [-0.1, -0.05) is 36.4 Å². The van der Waals surface area contributed by atoms with Crippen molar-refractivity contribution < 1.29 is 4.39 Å². The second-order valence-electron chi connectivity index (χ2n) is 7.27. The Morgan fingerprint density at radius 2 is 1.79 bits per heavy atom. The molecule has 4 rings (SSSR count). The van der Waals surface area contributed by atoms with E-state index in [4.69, 9.17) is 0 Å². The van der Waals surface area contributed by atoms with Crippen LogP contribution in [0.1, 0.15) is 42.9 Å². The van der Waals surface area contributed by atoms with Crippen LogP contribution in [-0.2, 0) is 0 Å². The quantitative estimate of drug-likeness (QED) is 0.784. The zero-order valence-corrected chi connectivity index (χ0v) is 14.2. The first kappa shape index (κ1) is 15.6. The summed E-state index contributed by atoms with van der Waals surface area (Å²) in [5.74, 6) is 0.576. The van der Waals surface area contributed by atoms with E-state index in [-0.39, 0.29) is 11.9 Å². The summed E-state index contributed by atoms with van der Waals surface area (Å²) < 4.78 is 14.2. The van der Waals surface area contributed by atoms with Crippen LogP contribution >= 0.6 is 0 Å². The zero-order valence-electron chi connectivity index (χ0n) is 14.2. The molecule has 0 bridgehead atoms. The number of anilines is 1. The lowest BCUT2D eigenvalue weighted by atomic mass is 9.96. The summed E-state index contributed by atoms with van der Waals surface area (Å²) >= 11 is 0. The van der Waals surface area contributed by atoms with E-state index in [0.29, 0.717) is 11.7 Å². The van der Waals surface area contributed by atoms with E-state index in [1.165, 1.54) is 31.2 Å². The molecule has 1 unspecified atom stereocenters. The minimum absolute atomic E-state index is 0.153. The molecule has 2 aliphatic carbocycles. The fourth-order valence-corrected chi connectivity index (χ4v) is 3.42. The molecule has 24 heavy (non-hydrogen) atoms. The Morgan fingerprint density at radius 1 is 1.04 bits per heavy atom. The van der Waals surface area contributed by atoms with E-state index in [1.54, 1.807) is 6.07 Å². The van der Waals surface area contributed by atoms with Crippen LogP contribution in [0.3, 0.4) is 0 Å². The molecule has 0 aromatic heterocycles. The predicted octanol–water partition coefficient (Wildman–Crippen LogP) is 4.83. The van der Waals surface area contributed by atoms with Crippen molar-refractivity contribution in [1.29, 1.82) is 0 Å². The van der Waals surface area contributed by atoms with Gasteiger partial charge in [-0.25, -0.2) is 4.39 Å². The third-order valence-electron chi connectivity index (χ3n) is 5.23. The van der Waals surface area contributed by atoms with Gasteiger partial charge in [0, 0.05) is 12.6 Å². The number of nitrogens with zero attached hydrogens (tertiary/aromatic N) is 1. The van der Waals surface area contributed by atoms with Gasteiger partial charge in [0.1, 0.15) is 5.82 Å². The Bertz CT molecular complexity index is 692. The van der Waals surface area contributed by atoms with Gasteiger partial charge in [-0.15, -0.1) is 0 Å². The van der Waals surface area contributed by atoms with Gasteiger partial charge in [0.25, 0.3) is 0 Å². The van der Waals surface area contributed by atoms with E-state index in [0.717, 1.165) is 18.0 Å². The maximum Gasteiger partial charge on any atom is 0.146 e. The first-order valence-electron chi connectivity index (χ1n) is 9.02. The van der Waals surface area contributed by atoms with Crippen molar-refractivity contribution in [2.24, 2.45) is 5.92 Å². The summed E-state index contributed by atoms with van der Waals surface area (Å²) in [5, 5.41) is 3.31. The van der Waals surface area contributed by atoms with Crippen LogP contribution in [0, 0.1) is 11.7 Å². The van der Waals surface area contributed by atoms with Crippen LogP contribution in [0.25, 0.3) is 0 Å². The highest BCUT2D eigenvalue weighted by Gasteiger charge is 2.33. The van der Waals surface area contributed by atoms with Crippen molar-refractivity contribution in [3.8, 4) is 0 Å². The molecule has 1 N–H and O–H groups in total. The van der Waals surface area contributed by atoms with Crippen molar-refractivity contribution >= 4 is 5.69 Å². The predicted molar refractivity (Wildman–Crippen MR) is 96.7 cm³/mol. The van der Waals surface area contributed by atoms with Crippen molar-refractivity contribution in [2.45, 2.75) is 37.8 Å². The minimum Gasteiger partial charge on any atom is -0.382 e. The summed E-state index contributed by atoms with van der Waals surface area (Å²) in [6, 6.07) is 16.9. The Morgan fingerprint density at radius 3 is 2.46 bits per heavy atom. The highest BCUT2D eigenvalue weighted by Crippen LogP contribution is 2.38. The molecule has 0 heterocycles. The number of halogens is 1. The fourth-order valence-electron chi connectivity index (χ4n) is 3.42. The van der Waals surface area contributed by atoms with Crippen LogP contribution in [0.2, 0.25) is 0 Å². The average Bonchev–Trinajstić information content (AvgIpc) is 3.49. The van der Waals surface area contributed by atoms with Gasteiger partial charge in [-0.3, -0.25) is 4.90 Å². The minimum atomic E-state index is -0.153. The third-order valence-corrected chi connectivity index (χ3v) is 5.23. The molecule has 0 saturated heterocycles. The smallest absolute Gasteiger partial charge is 0.146 e. The molecule has 2 fully saturated rings. The number of hydrogen-bond acceptors (Lipinski definition) is 2. The molecule has 0 spiro atoms. The molecule has 2 aromatic rings. The molecule has 2 aliphatic rings. The van der Waals surface area contributed by atoms with Crippen molar-refractivity contribution in [3.05, 3.63) is 65.5 Å². The lowest BCUT2D eigenvalue weighted by molar-refractivity contribution is 0.268. The first-order chi connectivity index (χ1) is 11.7. The summed E-state index contributed by atoms with van der Waals surface area (Å²) in [5.41, 5.74) is 3.08. The maximum atomic E-state index is 14.2. The van der Waals surface area contributed by atoms with Gasteiger partial charge in [0.2, 0.25) is 0 Å². The molecule has 2 aromatic carbocycles. The van der Waals surface area contributed by atoms with Gasteiger partial charge < -0.3 is 5.32 Å². The lowest BCUT2D eigenvalue weighted by Crippen LogP contribution is -2.27. The van der Waals surface area contributed by atoms with Crippen molar-refractivity contribution in [2.75, 3.05) is 18.9 Å². The van der Waals surface area contributed by atoms with Gasteiger partial charge in [-0.05, 0) is 61.9 Å². The highest BCUT2D eigenvalue weighted by molar-refractivity contribution is 5.50. The van der Waals surface area contributed by atoms with Crippen LogP contribution in [0.15, 0.2) is 48.5 Å². The van der Waals surface area contributed by atoms with Crippen LogP contribution < -0.4 is 5.32 Å². The molecule has 3 heteroatoms. The zero-order chi connectivity index (χ0) is 16.5. The molecule has 0 amide bonds. The summed E-state index contributed by atoms with van der Waals surface area (Å²) in [6.45, 7) is 0.884. The standard InChI is InChI=1S/C21H25FN2/c1-24(18-10-11-18)21(16-5-3-2-4-6-16)17-9-12-19(22)20(13-17)23-14-15-7-8-15/h2-6,9,12-13,15,18,21,23H,7-8,10-11,14H2,1H3. The van der Waals surface area contributed by atoms with E-state index in [2.05, 4.69) is 41.5 Å². The van der Waals surface area contributed by atoms with E-state index in [9.17, 15) is 4.39 Å². The van der Waals surface area contributed by atoms with Crippen LogP contribution in [0.5, 0.6) is 0 Å². The van der Waals surface area contributed by atoms with Crippen LogP contribution in [-0.4, -0.2) is 24.5 Å². The monoisotopic (exact) mass is 324 g/mol. The SMILES string of the molecule is CN(C1CC1)C(c1ccccc1)c1ccc(F)c(NCC2CC2)c1. The number of hydrogen-bond donors (Lipinski definition) is 1.